The van der Waals surface area contributed by atoms with Crippen LogP contribution in [-0.2, 0) is 13.2 Å². The van der Waals surface area contributed by atoms with Crippen LogP contribution in [-0.4, -0.2) is 15.4 Å². The number of hydrogen-bond acceptors (Lipinski definition) is 2. The summed E-state index contributed by atoms with van der Waals surface area (Å²) in [5.41, 5.74) is 5.57. The summed E-state index contributed by atoms with van der Waals surface area (Å²) in [7, 11) is 0. The van der Waals surface area contributed by atoms with Gasteiger partial charge in [0.05, 0.1) is 11.8 Å². The molecule has 0 saturated carbocycles. The normalized spacial score (nSPS) is 11.1. The lowest BCUT2D eigenvalue weighted by Gasteiger charge is -2.13. The van der Waals surface area contributed by atoms with Gasteiger partial charge in [-0.25, -0.2) is 4.98 Å². The topological polar surface area (TPSA) is 27.1 Å². The summed E-state index contributed by atoms with van der Waals surface area (Å²) in [6.45, 7) is 5.62. The standard InChI is InChI=1S/C19H21ClN2O/c1-14-11-15(2)19(23-12-16-7-4-3-5-8-16)17-18(14)22(13-21-17)10-6-9-20/h3-5,7-8,11,13H,6,9-10,12H2,1-2H3. The van der Waals surface area contributed by atoms with Crippen molar-refractivity contribution < 1.29 is 4.74 Å². The molecular formula is C19H21ClN2O. The number of fused-ring (bicyclic) bond motifs is 1. The molecule has 2 aromatic carbocycles. The number of nitrogens with zero attached hydrogens (tertiary/aromatic N) is 2. The van der Waals surface area contributed by atoms with Crippen molar-refractivity contribution in [2.24, 2.45) is 0 Å². The predicted molar refractivity (Wildman–Crippen MR) is 95.3 cm³/mol. The molecule has 0 saturated heterocycles. The molecule has 0 N–H and O–H groups in total. The van der Waals surface area contributed by atoms with Crippen molar-refractivity contribution in [3.63, 3.8) is 0 Å². The lowest BCUT2D eigenvalue weighted by atomic mass is 10.1. The lowest BCUT2D eigenvalue weighted by molar-refractivity contribution is 0.307. The predicted octanol–water partition coefficient (Wildman–Crippen LogP) is 4.86. The summed E-state index contributed by atoms with van der Waals surface area (Å²) >= 11 is 5.83. The average molecular weight is 329 g/mol. The molecule has 0 fully saturated rings. The van der Waals surface area contributed by atoms with Crippen LogP contribution in [0, 0.1) is 13.8 Å². The van der Waals surface area contributed by atoms with Crippen molar-refractivity contribution in [3.05, 3.63) is 59.4 Å². The van der Waals surface area contributed by atoms with Gasteiger partial charge in [0.15, 0.2) is 5.75 Å². The number of aryl methyl sites for hydroxylation is 3. The Morgan fingerprint density at radius 2 is 1.91 bits per heavy atom. The highest BCUT2D eigenvalue weighted by Crippen LogP contribution is 2.32. The van der Waals surface area contributed by atoms with Gasteiger partial charge in [-0.2, -0.15) is 0 Å². The van der Waals surface area contributed by atoms with E-state index >= 15 is 0 Å². The van der Waals surface area contributed by atoms with Gasteiger partial charge in [0.1, 0.15) is 12.1 Å². The maximum absolute atomic E-state index is 6.11. The number of halogens is 1. The molecule has 0 spiro atoms. The summed E-state index contributed by atoms with van der Waals surface area (Å²) in [5, 5.41) is 0. The van der Waals surface area contributed by atoms with E-state index in [4.69, 9.17) is 16.3 Å². The SMILES string of the molecule is Cc1cc(C)c2c(ncn2CCCCl)c1OCc1ccccc1. The van der Waals surface area contributed by atoms with Crippen molar-refractivity contribution in [1.29, 1.82) is 0 Å². The number of hydrogen-bond donors (Lipinski definition) is 0. The van der Waals surface area contributed by atoms with Crippen LogP contribution in [0.25, 0.3) is 11.0 Å². The summed E-state index contributed by atoms with van der Waals surface area (Å²) in [5.74, 6) is 1.53. The molecule has 3 rings (SSSR count). The van der Waals surface area contributed by atoms with Crippen molar-refractivity contribution in [1.82, 2.24) is 9.55 Å². The number of benzene rings is 2. The zero-order valence-corrected chi connectivity index (χ0v) is 14.3. The molecule has 4 heteroatoms. The quantitative estimate of drug-likeness (QED) is 0.604. The lowest BCUT2D eigenvalue weighted by Crippen LogP contribution is -2.01. The summed E-state index contributed by atoms with van der Waals surface area (Å²) < 4.78 is 8.28. The first-order chi connectivity index (χ1) is 11.2. The second-order valence-electron chi connectivity index (χ2n) is 5.79. The molecule has 0 radical (unpaired) electrons. The molecular weight excluding hydrogens is 308 g/mol. The molecule has 3 aromatic rings. The van der Waals surface area contributed by atoms with E-state index in [9.17, 15) is 0 Å². The minimum absolute atomic E-state index is 0.550. The average Bonchev–Trinajstić information content (AvgIpc) is 2.98. The summed E-state index contributed by atoms with van der Waals surface area (Å²) in [4.78, 5) is 4.60. The summed E-state index contributed by atoms with van der Waals surface area (Å²) in [6.07, 6.45) is 2.82. The first kappa shape index (κ1) is 15.9. The molecule has 0 aliphatic rings. The number of aromatic nitrogens is 2. The van der Waals surface area contributed by atoms with E-state index in [2.05, 4.69) is 41.6 Å². The fraction of sp³-hybridized carbons (Fsp3) is 0.316. The minimum Gasteiger partial charge on any atom is -0.486 e. The van der Waals surface area contributed by atoms with Crippen LogP contribution in [0.2, 0.25) is 0 Å². The van der Waals surface area contributed by atoms with Crippen LogP contribution in [0.5, 0.6) is 5.75 Å². The molecule has 0 atom stereocenters. The molecule has 1 heterocycles. The van der Waals surface area contributed by atoms with Gasteiger partial charge in [-0.15, -0.1) is 11.6 Å². The Kier molecular flexibility index (Phi) is 4.87. The third-order valence-corrected chi connectivity index (χ3v) is 4.24. The molecule has 0 bridgehead atoms. The van der Waals surface area contributed by atoms with Crippen molar-refractivity contribution in [3.8, 4) is 5.75 Å². The van der Waals surface area contributed by atoms with E-state index in [0.717, 1.165) is 40.9 Å². The number of imidazole rings is 1. The first-order valence-electron chi connectivity index (χ1n) is 7.88. The van der Waals surface area contributed by atoms with Crippen LogP contribution >= 0.6 is 11.6 Å². The molecule has 0 aliphatic heterocycles. The largest absolute Gasteiger partial charge is 0.486 e. The Morgan fingerprint density at radius 3 is 2.65 bits per heavy atom. The smallest absolute Gasteiger partial charge is 0.150 e. The van der Waals surface area contributed by atoms with Crippen LogP contribution in [0.15, 0.2) is 42.7 Å². The summed E-state index contributed by atoms with van der Waals surface area (Å²) in [6, 6.07) is 12.4. The van der Waals surface area contributed by atoms with Gasteiger partial charge >= 0.3 is 0 Å². The molecule has 3 nitrogen and oxygen atoms in total. The van der Waals surface area contributed by atoms with Crippen LogP contribution < -0.4 is 4.74 Å². The number of ether oxygens (including phenoxy) is 1. The van der Waals surface area contributed by atoms with E-state index in [-0.39, 0.29) is 0 Å². The molecule has 120 valence electrons. The third-order valence-electron chi connectivity index (χ3n) is 3.98. The first-order valence-corrected chi connectivity index (χ1v) is 8.42. The number of alkyl halides is 1. The van der Waals surface area contributed by atoms with Gasteiger partial charge in [-0.3, -0.25) is 0 Å². The van der Waals surface area contributed by atoms with Crippen molar-refractivity contribution in [2.75, 3.05) is 5.88 Å². The second kappa shape index (κ2) is 7.05. The Labute approximate surface area is 141 Å². The van der Waals surface area contributed by atoms with Gasteiger partial charge in [-0.1, -0.05) is 36.4 Å². The fourth-order valence-corrected chi connectivity index (χ4v) is 3.04. The Bertz CT molecular complexity index is 796. The van der Waals surface area contributed by atoms with Gasteiger partial charge in [-0.05, 0) is 37.0 Å². The van der Waals surface area contributed by atoms with Gasteiger partial charge in [0, 0.05) is 12.4 Å². The fourth-order valence-electron chi connectivity index (χ4n) is 2.92. The Morgan fingerprint density at radius 1 is 1.13 bits per heavy atom. The van der Waals surface area contributed by atoms with Gasteiger partial charge in [0.2, 0.25) is 0 Å². The second-order valence-corrected chi connectivity index (χ2v) is 6.17. The van der Waals surface area contributed by atoms with Gasteiger partial charge in [0.25, 0.3) is 0 Å². The van der Waals surface area contributed by atoms with Crippen LogP contribution in [0.4, 0.5) is 0 Å². The van der Waals surface area contributed by atoms with Gasteiger partial charge < -0.3 is 9.30 Å². The number of rotatable bonds is 6. The Balaban J connectivity index is 1.94. The van der Waals surface area contributed by atoms with E-state index in [0.29, 0.717) is 12.5 Å². The van der Waals surface area contributed by atoms with Crippen LogP contribution in [0.3, 0.4) is 0 Å². The van der Waals surface area contributed by atoms with E-state index in [1.165, 1.54) is 5.56 Å². The highest BCUT2D eigenvalue weighted by atomic mass is 35.5. The maximum atomic E-state index is 6.11. The van der Waals surface area contributed by atoms with Crippen LogP contribution in [0.1, 0.15) is 23.1 Å². The van der Waals surface area contributed by atoms with Crippen molar-refractivity contribution in [2.45, 2.75) is 33.4 Å². The molecule has 23 heavy (non-hydrogen) atoms. The highest BCUT2D eigenvalue weighted by molar-refractivity contribution is 6.17. The molecule has 1 aromatic heterocycles. The zero-order valence-electron chi connectivity index (χ0n) is 13.6. The minimum atomic E-state index is 0.550. The van der Waals surface area contributed by atoms with E-state index in [1.54, 1.807) is 0 Å². The maximum Gasteiger partial charge on any atom is 0.150 e. The Hall–Kier alpha value is -2.00. The molecule has 0 unspecified atom stereocenters. The van der Waals surface area contributed by atoms with Crippen molar-refractivity contribution >= 4 is 22.6 Å². The van der Waals surface area contributed by atoms with E-state index in [1.807, 2.05) is 24.5 Å². The molecule has 0 aliphatic carbocycles. The highest BCUT2D eigenvalue weighted by Gasteiger charge is 2.14. The monoisotopic (exact) mass is 328 g/mol. The zero-order chi connectivity index (χ0) is 16.2. The third kappa shape index (κ3) is 3.35. The van der Waals surface area contributed by atoms with E-state index < -0.39 is 0 Å². The molecule has 0 amide bonds.